The van der Waals surface area contributed by atoms with Gasteiger partial charge >= 0.3 is 0 Å². The first-order chi connectivity index (χ1) is 7.27. The van der Waals surface area contributed by atoms with Gasteiger partial charge in [-0.1, -0.05) is 55.3 Å². The van der Waals surface area contributed by atoms with E-state index in [4.69, 9.17) is 0 Å². The summed E-state index contributed by atoms with van der Waals surface area (Å²) in [6.07, 6.45) is 4.80. The van der Waals surface area contributed by atoms with E-state index in [1.807, 2.05) is 0 Å². The highest BCUT2D eigenvalue weighted by atomic mass is 14.0. The van der Waals surface area contributed by atoms with Gasteiger partial charge in [0.1, 0.15) is 0 Å². The molecule has 1 rings (SSSR count). The maximum absolute atomic E-state index is 2.28. The quantitative estimate of drug-likeness (QED) is 0.604. The monoisotopic (exact) mass is 202 g/mol. The van der Waals surface area contributed by atoms with Gasteiger partial charge < -0.3 is 0 Å². The minimum absolute atomic E-state index is 1.18. The molecule has 82 valence electrons. The van der Waals surface area contributed by atoms with Crippen molar-refractivity contribution in [2.75, 3.05) is 0 Å². The van der Waals surface area contributed by atoms with E-state index < -0.39 is 0 Å². The van der Waals surface area contributed by atoms with Crippen LogP contribution in [0.25, 0.3) is 0 Å². The molecule has 0 aliphatic carbocycles. The fourth-order valence-corrected chi connectivity index (χ4v) is 2.01. The van der Waals surface area contributed by atoms with Crippen LogP contribution in [0.4, 0.5) is 0 Å². The standard InChI is InChI=1S/C15H22/c1-4-15(5-2)13(3)11-12-14-9-7-6-8-10-14/h6-10H,4-5,11-12H2,1-3H3. The fraction of sp³-hybridized carbons (Fsp3) is 0.467. The lowest BCUT2D eigenvalue weighted by atomic mass is 9.98. The van der Waals surface area contributed by atoms with E-state index in [-0.39, 0.29) is 0 Å². The molecule has 0 atom stereocenters. The number of benzene rings is 1. The Labute approximate surface area is 94.0 Å². The molecule has 0 bridgehead atoms. The van der Waals surface area contributed by atoms with Crippen molar-refractivity contribution in [3.05, 3.63) is 47.0 Å². The van der Waals surface area contributed by atoms with Crippen molar-refractivity contribution in [1.29, 1.82) is 0 Å². The largest absolute Gasteiger partial charge is 0.0738 e. The molecule has 0 amide bonds. The van der Waals surface area contributed by atoms with Crippen LogP contribution in [0.5, 0.6) is 0 Å². The average molecular weight is 202 g/mol. The third kappa shape index (κ3) is 3.91. The zero-order chi connectivity index (χ0) is 11.1. The smallest absolute Gasteiger partial charge is 0.0241 e. The molecule has 0 aromatic heterocycles. The number of hydrogen-bond acceptors (Lipinski definition) is 0. The second kappa shape index (κ2) is 6.44. The van der Waals surface area contributed by atoms with Gasteiger partial charge in [0.25, 0.3) is 0 Å². The number of rotatable bonds is 5. The van der Waals surface area contributed by atoms with Crippen LogP contribution in [0.2, 0.25) is 0 Å². The van der Waals surface area contributed by atoms with Crippen molar-refractivity contribution < 1.29 is 0 Å². The van der Waals surface area contributed by atoms with Crippen molar-refractivity contribution in [1.82, 2.24) is 0 Å². The van der Waals surface area contributed by atoms with Gasteiger partial charge in [0.15, 0.2) is 0 Å². The Morgan fingerprint density at radius 3 is 2.13 bits per heavy atom. The average Bonchev–Trinajstić information content (AvgIpc) is 2.29. The Kier molecular flexibility index (Phi) is 5.17. The Hall–Kier alpha value is -1.04. The number of allylic oxidation sites excluding steroid dienone is 2. The number of aryl methyl sites for hydroxylation is 1. The molecule has 0 radical (unpaired) electrons. The molecule has 0 saturated heterocycles. The SMILES string of the molecule is CCC(CC)=C(C)CCc1ccccc1. The van der Waals surface area contributed by atoms with E-state index in [2.05, 4.69) is 51.1 Å². The first-order valence-corrected chi connectivity index (χ1v) is 5.99. The molecule has 0 fully saturated rings. The highest BCUT2D eigenvalue weighted by Gasteiger charge is 1.99. The topological polar surface area (TPSA) is 0 Å². The Morgan fingerprint density at radius 2 is 1.60 bits per heavy atom. The predicted octanol–water partition coefficient (Wildman–Crippen LogP) is 4.76. The molecular formula is C15H22. The van der Waals surface area contributed by atoms with Crippen molar-refractivity contribution in [2.45, 2.75) is 46.5 Å². The maximum atomic E-state index is 2.28. The highest BCUT2D eigenvalue weighted by molar-refractivity contribution is 5.18. The van der Waals surface area contributed by atoms with Crippen LogP contribution in [-0.2, 0) is 6.42 Å². The van der Waals surface area contributed by atoms with Crippen LogP contribution in [-0.4, -0.2) is 0 Å². The fourth-order valence-electron chi connectivity index (χ4n) is 2.01. The number of hydrogen-bond donors (Lipinski definition) is 0. The summed E-state index contributed by atoms with van der Waals surface area (Å²) in [4.78, 5) is 0. The predicted molar refractivity (Wildman–Crippen MR) is 68.0 cm³/mol. The van der Waals surface area contributed by atoms with Crippen LogP contribution in [0.3, 0.4) is 0 Å². The summed E-state index contributed by atoms with van der Waals surface area (Å²) in [6, 6.07) is 10.7. The van der Waals surface area contributed by atoms with Crippen molar-refractivity contribution in [3.63, 3.8) is 0 Å². The van der Waals surface area contributed by atoms with Gasteiger partial charge in [0.2, 0.25) is 0 Å². The summed E-state index contributed by atoms with van der Waals surface area (Å²) >= 11 is 0. The minimum atomic E-state index is 1.18. The van der Waals surface area contributed by atoms with Crippen LogP contribution in [0.15, 0.2) is 41.5 Å². The Balaban J connectivity index is 2.54. The van der Waals surface area contributed by atoms with Crippen molar-refractivity contribution >= 4 is 0 Å². The molecule has 1 aromatic rings. The third-order valence-corrected chi connectivity index (χ3v) is 3.09. The molecule has 0 N–H and O–H groups in total. The van der Waals surface area contributed by atoms with Crippen LogP contribution >= 0.6 is 0 Å². The summed E-state index contributed by atoms with van der Waals surface area (Å²) in [6.45, 7) is 6.79. The van der Waals surface area contributed by atoms with Crippen LogP contribution in [0, 0.1) is 0 Å². The van der Waals surface area contributed by atoms with Gasteiger partial charge in [-0.3, -0.25) is 0 Å². The highest BCUT2D eigenvalue weighted by Crippen LogP contribution is 2.17. The Bertz CT molecular complexity index is 300. The normalized spacial score (nSPS) is 10.1. The summed E-state index contributed by atoms with van der Waals surface area (Å²) in [5, 5.41) is 0. The van der Waals surface area contributed by atoms with Crippen LogP contribution in [0.1, 0.15) is 45.6 Å². The molecule has 0 aliphatic rings. The molecule has 0 spiro atoms. The van der Waals surface area contributed by atoms with E-state index in [1.54, 1.807) is 11.1 Å². The van der Waals surface area contributed by atoms with Gasteiger partial charge in [-0.25, -0.2) is 0 Å². The molecule has 0 saturated carbocycles. The van der Waals surface area contributed by atoms with E-state index in [1.165, 1.54) is 31.2 Å². The molecule has 15 heavy (non-hydrogen) atoms. The molecule has 1 aromatic carbocycles. The summed E-state index contributed by atoms with van der Waals surface area (Å²) in [5.74, 6) is 0. The van der Waals surface area contributed by atoms with E-state index in [0.29, 0.717) is 0 Å². The van der Waals surface area contributed by atoms with E-state index >= 15 is 0 Å². The third-order valence-electron chi connectivity index (χ3n) is 3.09. The lowest BCUT2D eigenvalue weighted by molar-refractivity contribution is 0.865. The summed E-state index contributed by atoms with van der Waals surface area (Å²) in [5.41, 5.74) is 4.66. The minimum Gasteiger partial charge on any atom is -0.0738 e. The lowest BCUT2D eigenvalue weighted by Gasteiger charge is -2.08. The Morgan fingerprint density at radius 1 is 1.00 bits per heavy atom. The van der Waals surface area contributed by atoms with Crippen LogP contribution < -0.4 is 0 Å². The molecule has 0 heteroatoms. The molecule has 0 nitrogen and oxygen atoms in total. The first kappa shape index (κ1) is 12.0. The second-order valence-electron chi connectivity index (χ2n) is 4.08. The van der Waals surface area contributed by atoms with E-state index in [0.717, 1.165) is 0 Å². The molecule has 0 heterocycles. The van der Waals surface area contributed by atoms with Gasteiger partial charge in [0.05, 0.1) is 0 Å². The summed E-state index contributed by atoms with van der Waals surface area (Å²) < 4.78 is 0. The van der Waals surface area contributed by atoms with Crippen molar-refractivity contribution in [3.8, 4) is 0 Å². The van der Waals surface area contributed by atoms with E-state index in [9.17, 15) is 0 Å². The molecular weight excluding hydrogens is 180 g/mol. The van der Waals surface area contributed by atoms with Gasteiger partial charge in [0, 0.05) is 0 Å². The summed E-state index contributed by atoms with van der Waals surface area (Å²) in [7, 11) is 0. The van der Waals surface area contributed by atoms with Gasteiger partial charge in [-0.2, -0.15) is 0 Å². The van der Waals surface area contributed by atoms with Gasteiger partial charge in [-0.15, -0.1) is 0 Å². The zero-order valence-electron chi connectivity index (χ0n) is 10.2. The first-order valence-electron chi connectivity index (χ1n) is 5.99. The molecule has 0 unspecified atom stereocenters. The van der Waals surface area contributed by atoms with Gasteiger partial charge in [-0.05, 0) is 38.2 Å². The maximum Gasteiger partial charge on any atom is -0.0241 e. The second-order valence-corrected chi connectivity index (χ2v) is 4.08. The van der Waals surface area contributed by atoms with Crippen molar-refractivity contribution in [2.24, 2.45) is 0 Å². The lowest BCUT2D eigenvalue weighted by Crippen LogP contribution is -1.90. The zero-order valence-corrected chi connectivity index (χ0v) is 10.2. The molecule has 0 aliphatic heterocycles.